The molecule has 2 unspecified atom stereocenters. The van der Waals surface area contributed by atoms with Crippen LogP contribution in [-0.4, -0.2) is 79.2 Å². The molecular weight excluding hydrogens is 264 g/mol. The van der Waals surface area contributed by atoms with E-state index < -0.39 is 61.4 Å². The molecule has 19 heavy (non-hydrogen) atoms. The summed E-state index contributed by atoms with van der Waals surface area (Å²) in [6, 6.07) is 0. The van der Waals surface area contributed by atoms with Gasteiger partial charge in [-0.25, -0.2) is 0 Å². The Morgan fingerprint density at radius 3 is 1.63 bits per heavy atom. The lowest BCUT2D eigenvalue weighted by molar-refractivity contribution is -0.233. The highest BCUT2D eigenvalue weighted by atomic mass is 16.6. The molecule has 1 rings (SSSR count). The van der Waals surface area contributed by atoms with Crippen LogP contribution in [0.3, 0.4) is 0 Å². The van der Waals surface area contributed by atoms with Crippen molar-refractivity contribution >= 4 is 11.9 Å². The van der Waals surface area contributed by atoms with Crippen LogP contribution in [0.4, 0.5) is 0 Å². The van der Waals surface area contributed by atoms with Gasteiger partial charge in [-0.2, -0.15) is 0 Å². The van der Waals surface area contributed by atoms with Gasteiger partial charge in [0, 0.05) is 0 Å². The van der Waals surface area contributed by atoms with E-state index in [9.17, 15) is 35.1 Å². The van der Waals surface area contributed by atoms with Crippen molar-refractivity contribution in [1.82, 2.24) is 0 Å². The summed E-state index contributed by atoms with van der Waals surface area (Å²) in [7, 11) is 0. The van der Waals surface area contributed by atoms with E-state index >= 15 is 0 Å². The molecule has 0 aromatic rings. The third-order valence-corrected chi connectivity index (χ3v) is 2.88. The maximum atomic E-state index is 11.3. The summed E-state index contributed by atoms with van der Waals surface area (Å²) in [5.74, 6) is -2.24. The number of ether oxygens (including phenoxy) is 1. The molecule has 6 atom stereocenters. The first kappa shape index (κ1) is 15.8. The van der Waals surface area contributed by atoms with Gasteiger partial charge < -0.3 is 35.4 Å². The van der Waals surface area contributed by atoms with Crippen molar-refractivity contribution in [3.8, 4) is 0 Å². The lowest BCUT2D eigenvalue weighted by Gasteiger charge is -2.41. The van der Waals surface area contributed by atoms with Gasteiger partial charge in [-0.3, -0.25) is 9.59 Å². The topological polar surface area (TPSA) is 165 Å². The van der Waals surface area contributed by atoms with Gasteiger partial charge in [-0.15, -0.1) is 0 Å². The van der Waals surface area contributed by atoms with Crippen LogP contribution in [0.1, 0.15) is 12.8 Å². The van der Waals surface area contributed by atoms with Gasteiger partial charge in [0.15, 0.2) is 6.10 Å². The van der Waals surface area contributed by atoms with E-state index in [4.69, 9.17) is 5.11 Å². The predicted molar refractivity (Wildman–Crippen MR) is 56.8 cm³/mol. The average molecular weight is 280 g/mol. The summed E-state index contributed by atoms with van der Waals surface area (Å²) in [5.41, 5.74) is 0. The SMILES string of the molecule is O=C(O)CCC(=O)OC1[C@@H](O)[C@H](O)C(O)[C@H](O)[C@@H]1O. The fourth-order valence-electron chi connectivity index (χ4n) is 1.76. The van der Waals surface area contributed by atoms with Crippen LogP contribution in [0.25, 0.3) is 0 Å². The van der Waals surface area contributed by atoms with E-state index in [0.717, 1.165) is 0 Å². The number of aliphatic hydroxyl groups excluding tert-OH is 5. The van der Waals surface area contributed by atoms with Gasteiger partial charge in [-0.1, -0.05) is 0 Å². The molecule has 9 heteroatoms. The Kier molecular flexibility index (Phi) is 5.20. The molecule has 0 aromatic heterocycles. The summed E-state index contributed by atoms with van der Waals surface area (Å²) in [5, 5.41) is 55.5. The Bertz CT molecular complexity index is 328. The quantitative estimate of drug-likeness (QED) is 0.287. The van der Waals surface area contributed by atoms with Crippen LogP contribution < -0.4 is 0 Å². The summed E-state index contributed by atoms with van der Waals surface area (Å²) in [4.78, 5) is 21.5. The summed E-state index contributed by atoms with van der Waals surface area (Å²) < 4.78 is 4.62. The van der Waals surface area contributed by atoms with Crippen LogP contribution >= 0.6 is 0 Å². The van der Waals surface area contributed by atoms with Gasteiger partial charge in [-0.05, 0) is 0 Å². The molecule has 110 valence electrons. The lowest BCUT2D eigenvalue weighted by atomic mass is 9.85. The number of carboxylic acid groups (broad SMARTS) is 1. The molecule has 1 aliphatic rings. The Morgan fingerprint density at radius 1 is 0.789 bits per heavy atom. The first-order chi connectivity index (χ1) is 8.75. The van der Waals surface area contributed by atoms with Gasteiger partial charge in [0.25, 0.3) is 0 Å². The standard InChI is InChI=1S/C10H16O9/c11-3(12)1-2-4(13)19-10-8(17)6(15)5(14)7(16)9(10)18/h5-10,14-18H,1-2H2,(H,11,12)/t5?,6-,7+,8-,9-,10?/m0/s1. The van der Waals surface area contributed by atoms with E-state index in [-0.39, 0.29) is 0 Å². The molecule has 0 radical (unpaired) electrons. The van der Waals surface area contributed by atoms with Crippen LogP contribution in [0.5, 0.6) is 0 Å². The number of carboxylic acids is 1. The first-order valence-electron chi connectivity index (χ1n) is 5.57. The van der Waals surface area contributed by atoms with Crippen LogP contribution in [0.15, 0.2) is 0 Å². The number of carbonyl (C=O) groups is 2. The minimum atomic E-state index is -1.80. The maximum Gasteiger partial charge on any atom is 0.306 e. The first-order valence-corrected chi connectivity index (χ1v) is 5.57. The van der Waals surface area contributed by atoms with Crippen molar-refractivity contribution in [3.05, 3.63) is 0 Å². The molecule has 0 aromatic carbocycles. The van der Waals surface area contributed by atoms with Gasteiger partial charge in [0.2, 0.25) is 0 Å². The molecule has 1 aliphatic carbocycles. The molecular formula is C10H16O9. The van der Waals surface area contributed by atoms with Gasteiger partial charge in [0.1, 0.15) is 30.5 Å². The molecule has 1 saturated carbocycles. The van der Waals surface area contributed by atoms with Crippen molar-refractivity contribution in [3.63, 3.8) is 0 Å². The zero-order chi connectivity index (χ0) is 14.7. The molecule has 1 fully saturated rings. The molecule has 6 N–H and O–H groups in total. The molecule has 0 spiro atoms. The fourth-order valence-corrected chi connectivity index (χ4v) is 1.76. The second kappa shape index (κ2) is 6.26. The minimum Gasteiger partial charge on any atom is -0.481 e. The highest BCUT2D eigenvalue weighted by Crippen LogP contribution is 2.24. The van der Waals surface area contributed by atoms with Crippen LogP contribution in [-0.2, 0) is 14.3 Å². The smallest absolute Gasteiger partial charge is 0.306 e. The van der Waals surface area contributed by atoms with Crippen LogP contribution in [0, 0.1) is 0 Å². The maximum absolute atomic E-state index is 11.3. The molecule has 9 nitrogen and oxygen atoms in total. The van der Waals surface area contributed by atoms with Crippen molar-refractivity contribution in [2.45, 2.75) is 49.5 Å². The Balaban J connectivity index is 2.65. The zero-order valence-electron chi connectivity index (χ0n) is 9.79. The monoisotopic (exact) mass is 280 g/mol. The third kappa shape index (κ3) is 3.61. The fraction of sp³-hybridized carbons (Fsp3) is 0.800. The molecule has 0 bridgehead atoms. The van der Waals surface area contributed by atoms with Gasteiger partial charge in [0.05, 0.1) is 12.8 Å². The highest BCUT2D eigenvalue weighted by Gasteiger charge is 2.50. The van der Waals surface area contributed by atoms with E-state index in [1.165, 1.54) is 0 Å². The highest BCUT2D eigenvalue weighted by molar-refractivity contribution is 5.76. The Morgan fingerprint density at radius 2 is 1.21 bits per heavy atom. The summed E-state index contributed by atoms with van der Waals surface area (Å²) >= 11 is 0. The lowest BCUT2D eigenvalue weighted by Crippen LogP contribution is -2.64. The minimum absolute atomic E-state index is 0.486. The number of rotatable bonds is 4. The van der Waals surface area contributed by atoms with Crippen molar-refractivity contribution in [2.24, 2.45) is 0 Å². The Labute approximate surface area is 107 Å². The van der Waals surface area contributed by atoms with E-state index in [1.54, 1.807) is 0 Å². The second-order valence-electron chi connectivity index (χ2n) is 4.30. The van der Waals surface area contributed by atoms with Crippen molar-refractivity contribution < 1.29 is 45.0 Å². The third-order valence-electron chi connectivity index (χ3n) is 2.88. The molecule has 0 heterocycles. The number of hydrogen-bond donors (Lipinski definition) is 6. The number of carbonyl (C=O) groups excluding carboxylic acids is 1. The van der Waals surface area contributed by atoms with Crippen LogP contribution in [0.2, 0.25) is 0 Å². The zero-order valence-corrected chi connectivity index (χ0v) is 9.79. The summed E-state index contributed by atoms with van der Waals surface area (Å²) in [6.07, 6.45) is -11.6. The van der Waals surface area contributed by atoms with E-state index in [2.05, 4.69) is 4.74 Å². The average Bonchev–Trinajstić information content (AvgIpc) is 2.36. The Hall–Kier alpha value is -1.26. The summed E-state index contributed by atoms with van der Waals surface area (Å²) in [6.45, 7) is 0. The van der Waals surface area contributed by atoms with Gasteiger partial charge >= 0.3 is 11.9 Å². The number of aliphatic hydroxyl groups is 5. The number of esters is 1. The van der Waals surface area contributed by atoms with Crippen molar-refractivity contribution in [2.75, 3.05) is 0 Å². The molecule has 0 saturated heterocycles. The van der Waals surface area contributed by atoms with E-state index in [1.807, 2.05) is 0 Å². The number of aliphatic carboxylic acids is 1. The molecule has 0 amide bonds. The molecule has 0 aliphatic heterocycles. The van der Waals surface area contributed by atoms with E-state index in [0.29, 0.717) is 0 Å². The number of hydrogen-bond acceptors (Lipinski definition) is 8. The van der Waals surface area contributed by atoms with Crippen molar-refractivity contribution in [1.29, 1.82) is 0 Å². The normalized spacial score (nSPS) is 38.8. The second-order valence-corrected chi connectivity index (χ2v) is 4.30. The largest absolute Gasteiger partial charge is 0.481 e. The predicted octanol–water partition coefficient (Wildman–Crippen LogP) is -3.42.